The minimum absolute atomic E-state index is 0.0321. The Morgan fingerprint density at radius 1 is 1.29 bits per heavy atom. The summed E-state index contributed by atoms with van der Waals surface area (Å²) in [6.45, 7) is 4.59. The Labute approximate surface area is 103 Å². The highest BCUT2D eigenvalue weighted by atomic mass is 16.1. The zero-order valence-corrected chi connectivity index (χ0v) is 10.6. The second-order valence-corrected chi connectivity index (χ2v) is 4.47. The van der Waals surface area contributed by atoms with Crippen molar-refractivity contribution in [2.45, 2.75) is 32.7 Å². The summed E-state index contributed by atoms with van der Waals surface area (Å²) in [4.78, 5) is 11.9. The third kappa shape index (κ3) is 4.57. The molecule has 1 aromatic rings. The number of rotatable bonds is 6. The van der Waals surface area contributed by atoms with E-state index in [1.165, 1.54) is 0 Å². The zero-order chi connectivity index (χ0) is 12.7. The van der Waals surface area contributed by atoms with Crippen molar-refractivity contribution in [3.8, 4) is 0 Å². The summed E-state index contributed by atoms with van der Waals surface area (Å²) >= 11 is 0. The van der Waals surface area contributed by atoms with E-state index in [0.29, 0.717) is 6.54 Å². The van der Waals surface area contributed by atoms with Crippen molar-refractivity contribution >= 4 is 5.91 Å². The fraction of sp³-hybridized carbons (Fsp3) is 0.500. The van der Waals surface area contributed by atoms with Gasteiger partial charge in [-0.3, -0.25) is 4.79 Å². The molecule has 2 atom stereocenters. The first-order valence-electron chi connectivity index (χ1n) is 6.20. The first-order chi connectivity index (χ1) is 8.15. The normalized spacial score (nSPS) is 14.1. The van der Waals surface area contributed by atoms with Crippen LogP contribution >= 0.6 is 0 Å². The van der Waals surface area contributed by atoms with Gasteiger partial charge in [0.25, 0.3) is 0 Å². The lowest BCUT2D eigenvalue weighted by Crippen LogP contribution is -2.31. The average molecular weight is 234 g/mol. The van der Waals surface area contributed by atoms with Gasteiger partial charge >= 0.3 is 0 Å². The van der Waals surface area contributed by atoms with Crippen molar-refractivity contribution in [2.75, 3.05) is 6.54 Å². The van der Waals surface area contributed by atoms with E-state index < -0.39 is 0 Å². The lowest BCUT2D eigenvalue weighted by molar-refractivity contribution is -0.125. The molecule has 1 aromatic carbocycles. The van der Waals surface area contributed by atoms with E-state index in [1.807, 2.05) is 44.2 Å². The van der Waals surface area contributed by atoms with E-state index >= 15 is 0 Å². The van der Waals surface area contributed by atoms with Crippen LogP contribution in [-0.2, 0) is 4.79 Å². The van der Waals surface area contributed by atoms with Gasteiger partial charge in [0.15, 0.2) is 0 Å². The number of hydrogen-bond donors (Lipinski definition) is 2. The minimum atomic E-state index is 0.0321. The molecule has 0 saturated heterocycles. The van der Waals surface area contributed by atoms with Crippen LogP contribution in [0.15, 0.2) is 30.3 Å². The van der Waals surface area contributed by atoms with Crippen LogP contribution in [-0.4, -0.2) is 12.5 Å². The highest BCUT2D eigenvalue weighted by molar-refractivity contribution is 5.78. The average Bonchev–Trinajstić information content (AvgIpc) is 2.36. The molecular weight excluding hydrogens is 212 g/mol. The van der Waals surface area contributed by atoms with Gasteiger partial charge in [0.1, 0.15) is 0 Å². The predicted molar refractivity (Wildman–Crippen MR) is 70.5 cm³/mol. The second-order valence-electron chi connectivity index (χ2n) is 4.47. The van der Waals surface area contributed by atoms with Crippen LogP contribution in [0.2, 0.25) is 0 Å². The molecule has 0 fully saturated rings. The van der Waals surface area contributed by atoms with E-state index in [9.17, 15) is 4.79 Å². The Kier molecular flexibility index (Phi) is 5.70. The molecule has 0 saturated carbocycles. The molecule has 0 aliphatic heterocycles. The standard InChI is InChI=1S/C14H22N2O/c1-11(7-6-10-15)14(17)16-12(2)13-8-4-3-5-9-13/h3-5,8-9,11-12H,6-7,10,15H2,1-2H3,(H,16,17). The summed E-state index contributed by atoms with van der Waals surface area (Å²) < 4.78 is 0. The topological polar surface area (TPSA) is 55.1 Å². The highest BCUT2D eigenvalue weighted by Gasteiger charge is 2.15. The van der Waals surface area contributed by atoms with E-state index in [-0.39, 0.29) is 17.9 Å². The first-order valence-corrected chi connectivity index (χ1v) is 6.20. The maximum atomic E-state index is 11.9. The van der Waals surface area contributed by atoms with Crippen LogP contribution in [0.1, 0.15) is 38.3 Å². The van der Waals surface area contributed by atoms with E-state index in [1.54, 1.807) is 0 Å². The summed E-state index contributed by atoms with van der Waals surface area (Å²) in [6.07, 6.45) is 1.75. The van der Waals surface area contributed by atoms with Crippen molar-refractivity contribution in [3.63, 3.8) is 0 Å². The van der Waals surface area contributed by atoms with Gasteiger partial charge < -0.3 is 11.1 Å². The highest BCUT2D eigenvalue weighted by Crippen LogP contribution is 2.13. The fourth-order valence-corrected chi connectivity index (χ4v) is 1.74. The van der Waals surface area contributed by atoms with Gasteiger partial charge in [0.05, 0.1) is 6.04 Å². The summed E-state index contributed by atoms with van der Waals surface area (Å²) in [6, 6.07) is 10.0. The monoisotopic (exact) mass is 234 g/mol. The van der Waals surface area contributed by atoms with Gasteiger partial charge in [-0.15, -0.1) is 0 Å². The lowest BCUT2D eigenvalue weighted by atomic mass is 10.0. The largest absolute Gasteiger partial charge is 0.349 e. The maximum Gasteiger partial charge on any atom is 0.223 e. The Morgan fingerprint density at radius 2 is 1.94 bits per heavy atom. The summed E-state index contributed by atoms with van der Waals surface area (Å²) in [5.41, 5.74) is 6.57. The van der Waals surface area contributed by atoms with Crippen LogP contribution in [0.5, 0.6) is 0 Å². The molecule has 0 aliphatic carbocycles. The second kappa shape index (κ2) is 7.07. The van der Waals surface area contributed by atoms with Crippen molar-refractivity contribution in [1.29, 1.82) is 0 Å². The number of carbonyl (C=O) groups is 1. The maximum absolute atomic E-state index is 11.9. The molecule has 17 heavy (non-hydrogen) atoms. The van der Waals surface area contributed by atoms with Gasteiger partial charge in [-0.25, -0.2) is 0 Å². The van der Waals surface area contributed by atoms with Crippen molar-refractivity contribution in [1.82, 2.24) is 5.32 Å². The Balaban J connectivity index is 2.46. The van der Waals surface area contributed by atoms with Gasteiger partial charge in [0, 0.05) is 5.92 Å². The molecule has 0 radical (unpaired) electrons. The van der Waals surface area contributed by atoms with Gasteiger partial charge in [0.2, 0.25) is 5.91 Å². The first kappa shape index (κ1) is 13.7. The van der Waals surface area contributed by atoms with E-state index in [4.69, 9.17) is 5.73 Å². The third-order valence-electron chi connectivity index (χ3n) is 2.95. The summed E-state index contributed by atoms with van der Waals surface area (Å²) in [5.74, 6) is 0.138. The minimum Gasteiger partial charge on any atom is -0.349 e. The fourth-order valence-electron chi connectivity index (χ4n) is 1.74. The molecular formula is C14H22N2O. The third-order valence-corrected chi connectivity index (χ3v) is 2.95. The smallest absolute Gasteiger partial charge is 0.223 e. The number of benzene rings is 1. The lowest BCUT2D eigenvalue weighted by Gasteiger charge is -2.17. The number of nitrogens with two attached hydrogens (primary N) is 1. The quantitative estimate of drug-likeness (QED) is 0.793. The number of hydrogen-bond acceptors (Lipinski definition) is 2. The van der Waals surface area contributed by atoms with Gasteiger partial charge in [-0.2, -0.15) is 0 Å². The molecule has 0 aliphatic rings. The molecule has 3 nitrogen and oxygen atoms in total. The molecule has 1 rings (SSSR count). The molecule has 2 unspecified atom stereocenters. The zero-order valence-electron chi connectivity index (χ0n) is 10.6. The van der Waals surface area contributed by atoms with Crippen LogP contribution in [0.3, 0.4) is 0 Å². The molecule has 0 aromatic heterocycles. The summed E-state index contributed by atoms with van der Waals surface area (Å²) in [7, 11) is 0. The van der Waals surface area contributed by atoms with Crippen molar-refractivity contribution in [2.24, 2.45) is 11.7 Å². The molecule has 0 heterocycles. The number of nitrogens with one attached hydrogen (secondary N) is 1. The molecule has 0 spiro atoms. The van der Waals surface area contributed by atoms with Crippen LogP contribution in [0.25, 0.3) is 0 Å². The molecule has 94 valence electrons. The number of amides is 1. The number of carbonyl (C=O) groups excluding carboxylic acids is 1. The van der Waals surface area contributed by atoms with E-state index in [0.717, 1.165) is 18.4 Å². The van der Waals surface area contributed by atoms with Crippen LogP contribution < -0.4 is 11.1 Å². The Hall–Kier alpha value is -1.35. The van der Waals surface area contributed by atoms with Crippen molar-refractivity contribution in [3.05, 3.63) is 35.9 Å². The molecule has 1 amide bonds. The molecule has 3 heteroatoms. The molecule has 3 N–H and O–H groups in total. The molecule has 0 bridgehead atoms. The Bertz CT molecular complexity index is 337. The Morgan fingerprint density at radius 3 is 2.53 bits per heavy atom. The predicted octanol–water partition coefficient (Wildman–Crippen LogP) is 2.24. The van der Waals surface area contributed by atoms with Crippen molar-refractivity contribution < 1.29 is 4.79 Å². The van der Waals surface area contributed by atoms with Gasteiger partial charge in [-0.1, -0.05) is 37.3 Å². The SMILES string of the molecule is CC(CCCN)C(=O)NC(C)c1ccccc1. The van der Waals surface area contributed by atoms with E-state index in [2.05, 4.69) is 5.32 Å². The van der Waals surface area contributed by atoms with Crippen LogP contribution in [0.4, 0.5) is 0 Å². The summed E-state index contributed by atoms with van der Waals surface area (Å²) in [5, 5.41) is 3.03. The van der Waals surface area contributed by atoms with Crippen LogP contribution in [0, 0.1) is 5.92 Å². The van der Waals surface area contributed by atoms with Gasteiger partial charge in [-0.05, 0) is 31.9 Å².